The van der Waals surface area contributed by atoms with Gasteiger partial charge in [-0.3, -0.25) is 4.79 Å². The van der Waals surface area contributed by atoms with Crippen molar-refractivity contribution in [3.8, 4) is 11.5 Å². The highest BCUT2D eigenvalue weighted by Gasteiger charge is 2.41. The molecule has 1 aliphatic heterocycles. The van der Waals surface area contributed by atoms with E-state index in [9.17, 15) is 23.1 Å². The van der Waals surface area contributed by atoms with E-state index in [0.29, 0.717) is 16.5 Å². The fourth-order valence-electron chi connectivity index (χ4n) is 3.05. The summed E-state index contributed by atoms with van der Waals surface area (Å²) in [5.74, 6) is -0.378. The second-order valence-electron chi connectivity index (χ2n) is 6.50. The first-order valence-corrected chi connectivity index (χ1v) is 10.8. The molecule has 1 fully saturated rings. The van der Waals surface area contributed by atoms with Crippen LogP contribution in [0.3, 0.4) is 0 Å². The van der Waals surface area contributed by atoms with E-state index in [2.05, 4.69) is 5.32 Å². The van der Waals surface area contributed by atoms with Crippen molar-refractivity contribution in [2.75, 3.05) is 26.7 Å². The zero-order valence-electron chi connectivity index (χ0n) is 16.0. The Morgan fingerprint density at radius 2 is 1.63 bits per heavy atom. The standard InChI is InChI=1S/C19H20ClN3O6S/c1-21-19(26)22-10-11-23(17(12-22)18(24)25)30(27,28)16-8-6-15(7-9-16)29-14-4-2-13(20)3-5-14/h2-9,17H,10-12H2,1H3,(H,21,26)(H,24,25). The molecule has 1 unspecified atom stereocenters. The van der Waals surface area contributed by atoms with Crippen LogP contribution < -0.4 is 10.1 Å². The first-order chi connectivity index (χ1) is 14.2. The molecule has 2 N–H and O–H groups in total. The van der Waals surface area contributed by atoms with Gasteiger partial charge < -0.3 is 20.1 Å². The van der Waals surface area contributed by atoms with Crippen molar-refractivity contribution in [3.05, 3.63) is 53.6 Å². The fourth-order valence-corrected chi connectivity index (χ4v) is 4.74. The van der Waals surface area contributed by atoms with E-state index in [0.717, 1.165) is 4.31 Å². The van der Waals surface area contributed by atoms with Gasteiger partial charge in [0.05, 0.1) is 4.90 Å². The maximum Gasteiger partial charge on any atom is 0.323 e. The lowest BCUT2D eigenvalue weighted by Crippen LogP contribution is -2.60. The number of carbonyl (C=O) groups is 2. The number of carbonyl (C=O) groups excluding carboxylic acids is 1. The molecule has 9 nitrogen and oxygen atoms in total. The van der Waals surface area contributed by atoms with Crippen molar-refractivity contribution in [3.63, 3.8) is 0 Å². The predicted molar refractivity (Wildman–Crippen MR) is 109 cm³/mol. The summed E-state index contributed by atoms with van der Waals surface area (Å²) in [6, 6.07) is 10.5. The number of hydrogen-bond donors (Lipinski definition) is 2. The molecule has 2 amide bonds. The van der Waals surface area contributed by atoms with E-state index < -0.39 is 28.1 Å². The van der Waals surface area contributed by atoms with Crippen LogP contribution in [0.1, 0.15) is 0 Å². The molecule has 1 atom stereocenters. The third-order valence-corrected chi connectivity index (χ3v) is 6.77. The lowest BCUT2D eigenvalue weighted by Gasteiger charge is -2.38. The van der Waals surface area contributed by atoms with Gasteiger partial charge in [0.15, 0.2) is 0 Å². The van der Waals surface area contributed by atoms with Gasteiger partial charge in [0.2, 0.25) is 10.0 Å². The number of rotatable bonds is 5. The Kier molecular flexibility index (Phi) is 6.49. The van der Waals surface area contributed by atoms with Gasteiger partial charge in [0.25, 0.3) is 0 Å². The molecule has 3 rings (SSSR count). The second-order valence-corrected chi connectivity index (χ2v) is 8.83. The third-order valence-electron chi connectivity index (χ3n) is 4.60. The number of carboxylic acids is 1. The summed E-state index contributed by atoms with van der Waals surface area (Å²) < 4.78 is 32.6. The highest BCUT2D eigenvalue weighted by molar-refractivity contribution is 7.89. The molecule has 0 aliphatic carbocycles. The molecule has 160 valence electrons. The minimum Gasteiger partial charge on any atom is -0.480 e. The van der Waals surface area contributed by atoms with Gasteiger partial charge in [-0.25, -0.2) is 13.2 Å². The fraction of sp³-hybridized carbons (Fsp3) is 0.263. The molecule has 11 heteroatoms. The summed E-state index contributed by atoms with van der Waals surface area (Å²) in [5.41, 5.74) is 0. The number of nitrogens with zero attached hydrogens (tertiary/aromatic N) is 2. The van der Waals surface area contributed by atoms with Crippen LogP contribution in [0.4, 0.5) is 4.79 Å². The van der Waals surface area contributed by atoms with E-state index in [4.69, 9.17) is 16.3 Å². The van der Waals surface area contributed by atoms with Gasteiger partial charge in [-0.15, -0.1) is 0 Å². The molecule has 2 aromatic carbocycles. The SMILES string of the molecule is CNC(=O)N1CCN(S(=O)(=O)c2ccc(Oc3ccc(Cl)cc3)cc2)C(C(=O)O)C1. The molecule has 2 aromatic rings. The summed E-state index contributed by atoms with van der Waals surface area (Å²) in [7, 11) is -2.66. The Balaban J connectivity index is 1.79. The van der Waals surface area contributed by atoms with Crippen LogP contribution in [0.15, 0.2) is 53.4 Å². The van der Waals surface area contributed by atoms with Gasteiger partial charge in [-0.2, -0.15) is 4.31 Å². The summed E-state index contributed by atoms with van der Waals surface area (Å²) in [5, 5.41) is 12.5. The third kappa shape index (κ3) is 4.66. The Bertz CT molecular complexity index is 1030. The number of amides is 2. The van der Waals surface area contributed by atoms with Gasteiger partial charge in [-0.1, -0.05) is 11.6 Å². The normalized spacial score (nSPS) is 17.4. The van der Waals surface area contributed by atoms with E-state index in [1.54, 1.807) is 24.3 Å². The number of nitrogens with one attached hydrogen (secondary N) is 1. The van der Waals surface area contributed by atoms with E-state index in [1.165, 1.54) is 36.2 Å². The number of aliphatic carboxylic acids is 1. The molecule has 0 spiro atoms. The average molecular weight is 454 g/mol. The molecular weight excluding hydrogens is 434 g/mol. The second kappa shape index (κ2) is 8.90. The lowest BCUT2D eigenvalue weighted by molar-refractivity contribution is -0.142. The Morgan fingerprint density at radius 3 is 2.17 bits per heavy atom. The Morgan fingerprint density at radius 1 is 1.07 bits per heavy atom. The topological polar surface area (TPSA) is 116 Å². The van der Waals surface area contributed by atoms with Crippen LogP contribution in [0.25, 0.3) is 0 Å². The zero-order valence-corrected chi connectivity index (χ0v) is 17.6. The average Bonchev–Trinajstić information content (AvgIpc) is 2.74. The molecule has 1 heterocycles. The van der Waals surface area contributed by atoms with Gasteiger partial charge in [-0.05, 0) is 48.5 Å². The molecule has 0 bridgehead atoms. The summed E-state index contributed by atoms with van der Waals surface area (Å²) >= 11 is 5.83. The zero-order chi connectivity index (χ0) is 21.9. The quantitative estimate of drug-likeness (QED) is 0.717. The van der Waals surface area contributed by atoms with Gasteiger partial charge in [0, 0.05) is 31.7 Å². The van der Waals surface area contributed by atoms with E-state index in [1.807, 2.05) is 0 Å². The van der Waals surface area contributed by atoms with Crippen LogP contribution in [0.5, 0.6) is 11.5 Å². The summed E-state index contributed by atoms with van der Waals surface area (Å²) in [4.78, 5) is 24.7. The van der Waals surface area contributed by atoms with Gasteiger partial charge in [0.1, 0.15) is 17.5 Å². The number of benzene rings is 2. The Hall–Kier alpha value is -2.82. The van der Waals surface area contributed by atoms with E-state index in [-0.39, 0.29) is 24.5 Å². The van der Waals surface area contributed by atoms with Gasteiger partial charge >= 0.3 is 12.0 Å². The molecular formula is C19H20ClN3O6S. The summed E-state index contributed by atoms with van der Waals surface area (Å²) in [6.45, 7) is -0.289. The number of hydrogen-bond acceptors (Lipinski definition) is 5. The molecule has 0 radical (unpaired) electrons. The first kappa shape index (κ1) is 21.9. The number of piperazine rings is 1. The largest absolute Gasteiger partial charge is 0.480 e. The van der Waals surface area contributed by atoms with Crippen molar-refractivity contribution in [1.29, 1.82) is 0 Å². The molecule has 0 aromatic heterocycles. The number of carboxylic acid groups (broad SMARTS) is 1. The van der Waals surface area contributed by atoms with Crippen molar-refractivity contribution < 1.29 is 27.9 Å². The van der Waals surface area contributed by atoms with Crippen molar-refractivity contribution >= 4 is 33.6 Å². The summed E-state index contributed by atoms with van der Waals surface area (Å²) in [6.07, 6.45) is 0. The maximum absolute atomic E-state index is 13.0. The van der Waals surface area contributed by atoms with Crippen molar-refractivity contribution in [1.82, 2.24) is 14.5 Å². The molecule has 1 saturated heterocycles. The monoisotopic (exact) mass is 453 g/mol. The molecule has 30 heavy (non-hydrogen) atoms. The number of urea groups is 1. The minimum atomic E-state index is -4.09. The van der Waals surface area contributed by atoms with Crippen LogP contribution in [-0.2, 0) is 14.8 Å². The number of sulfonamides is 1. The van der Waals surface area contributed by atoms with Crippen LogP contribution in [-0.4, -0.2) is 67.5 Å². The molecule has 0 saturated carbocycles. The van der Waals surface area contributed by atoms with Crippen molar-refractivity contribution in [2.45, 2.75) is 10.9 Å². The molecule has 1 aliphatic rings. The van der Waals surface area contributed by atoms with Crippen LogP contribution in [0, 0.1) is 0 Å². The smallest absolute Gasteiger partial charge is 0.323 e. The first-order valence-electron chi connectivity index (χ1n) is 8.97. The maximum atomic E-state index is 13.0. The highest BCUT2D eigenvalue weighted by Crippen LogP contribution is 2.27. The number of halogens is 1. The number of ether oxygens (including phenoxy) is 1. The lowest BCUT2D eigenvalue weighted by atomic mass is 10.2. The van der Waals surface area contributed by atoms with Crippen molar-refractivity contribution in [2.24, 2.45) is 0 Å². The van der Waals surface area contributed by atoms with Crippen LogP contribution >= 0.6 is 11.6 Å². The highest BCUT2D eigenvalue weighted by atomic mass is 35.5. The Labute approximate surface area is 178 Å². The van der Waals surface area contributed by atoms with Crippen LogP contribution in [0.2, 0.25) is 5.02 Å². The minimum absolute atomic E-state index is 0.0643. The predicted octanol–water partition coefficient (Wildman–Crippen LogP) is 2.23. The van der Waals surface area contributed by atoms with E-state index >= 15 is 0 Å².